The van der Waals surface area contributed by atoms with Crippen LogP contribution in [0.3, 0.4) is 0 Å². The molecule has 3 aliphatic carbocycles. The van der Waals surface area contributed by atoms with E-state index < -0.39 is 17.5 Å². The molecule has 5 rings (SSSR count). The van der Waals surface area contributed by atoms with Crippen molar-refractivity contribution >= 4 is 23.9 Å². The first-order chi connectivity index (χ1) is 27.8. The monoisotopic (exact) mass is 780 g/mol. The highest BCUT2D eigenvalue weighted by Crippen LogP contribution is 2.44. The Labute approximate surface area is 340 Å². The molecule has 2 aromatic carbocycles. The normalized spacial score (nSPS) is 24.5. The lowest BCUT2D eigenvalue weighted by Gasteiger charge is -2.41. The van der Waals surface area contributed by atoms with Gasteiger partial charge in [0.15, 0.2) is 5.60 Å². The summed E-state index contributed by atoms with van der Waals surface area (Å²) in [6, 6.07) is 16.5. The molecule has 0 amide bonds. The molecule has 8 nitrogen and oxygen atoms in total. The third-order valence-electron chi connectivity index (χ3n) is 12.5. The lowest BCUT2D eigenvalue weighted by molar-refractivity contribution is -0.152. The minimum atomic E-state index is -0.846. The maximum atomic E-state index is 13.6. The Bertz CT molecular complexity index is 1630. The molecule has 3 aliphatic rings. The van der Waals surface area contributed by atoms with Crippen molar-refractivity contribution < 1.29 is 38.1 Å². The molecular formula is C49H64O8. The van der Waals surface area contributed by atoms with Crippen LogP contribution in [0.5, 0.6) is 5.75 Å². The van der Waals surface area contributed by atoms with Gasteiger partial charge in [-0.25, -0.2) is 9.59 Å². The van der Waals surface area contributed by atoms with Gasteiger partial charge in [-0.2, -0.15) is 0 Å². The number of benzene rings is 2. The van der Waals surface area contributed by atoms with Crippen LogP contribution >= 0.6 is 0 Å². The van der Waals surface area contributed by atoms with Crippen molar-refractivity contribution in [1.29, 1.82) is 0 Å². The van der Waals surface area contributed by atoms with Crippen molar-refractivity contribution in [2.75, 3.05) is 13.2 Å². The van der Waals surface area contributed by atoms with Crippen LogP contribution in [0.25, 0.3) is 0 Å². The van der Waals surface area contributed by atoms with Gasteiger partial charge in [-0.1, -0.05) is 76.1 Å². The number of unbranched alkanes of at least 4 members (excludes halogenated alkanes) is 5. The van der Waals surface area contributed by atoms with Crippen LogP contribution in [-0.4, -0.2) is 42.7 Å². The lowest BCUT2D eigenvalue weighted by atomic mass is 9.67. The zero-order chi connectivity index (χ0) is 40.3. The predicted molar refractivity (Wildman–Crippen MR) is 221 cm³/mol. The highest BCUT2D eigenvalue weighted by atomic mass is 16.6. The standard InChI is InChI=1S/C49H64O8/c1-3-5-9-14-38-17-19-39(20-18-38)40-30-33-49(34-31-40,32-29-37-15-10-8-11-16-37)57-48(53)43-25-27-44(28-26-43)56-47(52)42-23-21-41(22-24-42)46(51)55-36-13-7-6-12-35-54-45(50)4-2/h4,8,10-11,15-16,25-28,38-42H,2-3,5-7,9,12-14,17-24,30-31,33-36H2,1H3. The van der Waals surface area contributed by atoms with Gasteiger partial charge in [0.1, 0.15) is 5.75 Å². The summed E-state index contributed by atoms with van der Waals surface area (Å²) in [6.07, 6.45) is 20.9. The van der Waals surface area contributed by atoms with Gasteiger partial charge in [0.2, 0.25) is 0 Å². The van der Waals surface area contributed by atoms with Gasteiger partial charge < -0.3 is 18.9 Å². The molecule has 3 saturated carbocycles. The summed E-state index contributed by atoms with van der Waals surface area (Å²) in [5, 5.41) is 0. The van der Waals surface area contributed by atoms with Gasteiger partial charge in [0.05, 0.1) is 30.6 Å². The highest BCUT2D eigenvalue weighted by molar-refractivity contribution is 5.90. The molecule has 57 heavy (non-hydrogen) atoms. The van der Waals surface area contributed by atoms with E-state index in [9.17, 15) is 19.2 Å². The summed E-state index contributed by atoms with van der Waals surface area (Å²) >= 11 is 0. The maximum Gasteiger partial charge on any atom is 0.339 e. The number of hydrogen-bond donors (Lipinski definition) is 0. The second-order valence-corrected chi connectivity index (χ2v) is 16.6. The number of hydrogen-bond acceptors (Lipinski definition) is 8. The van der Waals surface area contributed by atoms with Crippen molar-refractivity contribution in [3.63, 3.8) is 0 Å². The van der Waals surface area contributed by atoms with Crippen LogP contribution < -0.4 is 4.74 Å². The van der Waals surface area contributed by atoms with E-state index in [4.69, 9.17) is 18.9 Å². The fraction of sp³-hybridized carbons (Fsp3) is 0.592. The Kier molecular flexibility index (Phi) is 17.7. The summed E-state index contributed by atoms with van der Waals surface area (Å²) in [5.74, 6) is 7.51. The zero-order valence-corrected chi connectivity index (χ0v) is 34.2. The van der Waals surface area contributed by atoms with Crippen LogP contribution in [0.2, 0.25) is 0 Å². The van der Waals surface area contributed by atoms with Crippen molar-refractivity contribution in [2.45, 2.75) is 141 Å². The number of carbonyl (C=O) groups excluding carboxylic acids is 4. The number of esters is 4. The number of rotatable bonds is 18. The highest BCUT2D eigenvalue weighted by Gasteiger charge is 2.41. The van der Waals surface area contributed by atoms with Crippen LogP contribution in [0.1, 0.15) is 151 Å². The average Bonchev–Trinajstić information content (AvgIpc) is 3.25. The van der Waals surface area contributed by atoms with Crippen molar-refractivity contribution in [3.8, 4) is 17.6 Å². The molecule has 0 spiro atoms. The van der Waals surface area contributed by atoms with E-state index in [1.54, 1.807) is 24.3 Å². The Balaban J connectivity index is 1.06. The second kappa shape index (κ2) is 23.1. The van der Waals surface area contributed by atoms with Crippen molar-refractivity contribution in [1.82, 2.24) is 0 Å². The van der Waals surface area contributed by atoms with Crippen LogP contribution in [0.15, 0.2) is 67.3 Å². The van der Waals surface area contributed by atoms with E-state index in [1.165, 1.54) is 51.4 Å². The first-order valence-electron chi connectivity index (χ1n) is 21.9. The quantitative estimate of drug-likeness (QED) is 0.0368. The minimum Gasteiger partial charge on any atom is -0.465 e. The Morgan fingerprint density at radius 3 is 1.95 bits per heavy atom. The molecule has 0 N–H and O–H groups in total. The molecular weight excluding hydrogens is 717 g/mol. The van der Waals surface area contributed by atoms with Crippen molar-refractivity contribution in [2.24, 2.45) is 29.6 Å². The van der Waals surface area contributed by atoms with E-state index in [0.29, 0.717) is 56.1 Å². The third kappa shape index (κ3) is 14.2. The van der Waals surface area contributed by atoms with Gasteiger partial charge >= 0.3 is 23.9 Å². The first kappa shape index (κ1) is 43.7. The molecule has 0 radical (unpaired) electrons. The summed E-state index contributed by atoms with van der Waals surface area (Å²) in [7, 11) is 0. The molecule has 8 heteroatoms. The van der Waals surface area contributed by atoms with Crippen LogP contribution in [-0.2, 0) is 28.6 Å². The van der Waals surface area contributed by atoms with E-state index >= 15 is 0 Å². The van der Waals surface area contributed by atoms with Gasteiger partial charge in [-0.3, -0.25) is 9.59 Å². The molecule has 3 fully saturated rings. The minimum absolute atomic E-state index is 0.208. The summed E-state index contributed by atoms with van der Waals surface area (Å²) < 4.78 is 22.5. The topological polar surface area (TPSA) is 105 Å². The van der Waals surface area contributed by atoms with Crippen LogP contribution in [0.4, 0.5) is 0 Å². The summed E-state index contributed by atoms with van der Waals surface area (Å²) in [5.41, 5.74) is 0.454. The predicted octanol–water partition coefficient (Wildman–Crippen LogP) is 10.8. The van der Waals surface area contributed by atoms with E-state index in [0.717, 1.165) is 74.8 Å². The third-order valence-corrected chi connectivity index (χ3v) is 12.5. The zero-order valence-electron chi connectivity index (χ0n) is 34.2. The summed E-state index contributed by atoms with van der Waals surface area (Å²) in [6.45, 7) is 6.37. The Morgan fingerprint density at radius 1 is 0.702 bits per heavy atom. The first-order valence-corrected chi connectivity index (χ1v) is 21.9. The van der Waals surface area contributed by atoms with Gasteiger partial charge in [-0.05, 0) is 150 Å². The molecule has 0 unspecified atom stereocenters. The number of ether oxygens (including phenoxy) is 4. The van der Waals surface area contributed by atoms with Crippen LogP contribution in [0, 0.1) is 41.4 Å². The Morgan fingerprint density at radius 2 is 1.32 bits per heavy atom. The van der Waals surface area contributed by atoms with E-state index in [-0.39, 0.29) is 23.8 Å². The lowest BCUT2D eigenvalue weighted by Crippen LogP contribution is -2.39. The SMILES string of the molecule is C=CC(=O)OCCCCCCOC(=O)C1CCC(C(=O)Oc2ccc(C(=O)OC3(C#Cc4ccccc4)CCC(C4CCC(CCCCC)CC4)CC3)cc2)CC1. The fourth-order valence-corrected chi connectivity index (χ4v) is 8.91. The largest absolute Gasteiger partial charge is 0.465 e. The maximum absolute atomic E-state index is 13.6. The van der Waals surface area contributed by atoms with E-state index in [2.05, 4.69) is 25.3 Å². The van der Waals surface area contributed by atoms with Gasteiger partial charge in [0, 0.05) is 11.6 Å². The molecule has 0 aromatic heterocycles. The molecule has 308 valence electrons. The molecule has 0 heterocycles. The smallest absolute Gasteiger partial charge is 0.339 e. The molecule has 0 bridgehead atoms. The van der Waals surface area contributed by atoms with Gasteiger partial charge in [0.25, 0.3) is 0 Å². The molecule has 0 aliphatic heterocycles. The Hall–Kier alpha value is -4.38. The van der Waals surface area contributed by atoms with Gasteiger partial charge in [-0.15, -0.1) is 0 Å². The molecule has 0 saturated heterocycles. The fourth-order valence-electron chi connectivity index (χ4n) is 8.91. The molecule has 0 atom stereocenters. The number of carbonyl (C=O) groups is 4. The average molecular weight is 781 g/mol. The second-order valence-electron chi connectivity index (χ2n) is 16.6. The molecule has 2 aromatic rings. The van der Waals surface area contributed by atoms with Crippen molar-refractivity contribution in [3.05, 3.63) is 78.4 Å². The van der Waals surface area contributed by atoms with E-state index in [1.807, 2.05) is 30.3 Å². The summed E-state index contributed by atoms with van der Waals surface area (Å²) in [4.78, 5) is 50.4.